The zero-order chi connectivity index (χ0) is 17.6. The lowest BCUT2D eigenvalue weighted by molar-refractivity contribution is -0.133. The Morgan fingerprint density at radius 3 is 2.56 bits per heavy atom. The van der Waals surface area contributed by atoms with Gasteiger partial charge in [0, 0.05) is 44.9 Å². The molecule has 3 rings (SSSR count). The lowest BCUT2D eigenvalue weighted by Crippen LogP contribution is -2.45. The first-order valence-electron chi connectivity index (χ1n) is 9.43. The average Bonchev–Trinajstić information content (AvgIpc) is 3.19. The van der Waals surface area contributed by atoms with Crippen LogP contribution in [0.25, 0.3) is 0 Å². The first-order chi connectivity index (χ1) is 12.2. The smallest absolute Gasteiger partial charge is 0.222 e. The summed E-state index contributed by atoms with van der Waals surface area (Å²) in [5.41, 5.74) is 1.23. The van der Waals surface area contributed by atoms with Crippen molar-refractivity contribution in [1.82, 2.24) is 4.90 Å². The van der Waals surface area contributed by atoms with E-state index in [9.17, 15) is 4.79 Å². The summed E-state index contributed by atoms with van der Waals surface area (Å²) in [6, 6.07) is 8.57. The van der Waals surface area contributed by atoms with Crippen molar-refractivity contribution in [3.8, 4) is 5.75 Å². The molecule has 1 amide bonds. The molecule has 1 atom stereocenters. The van der Waals surface area contributed by atoms with Gasteiger partial charge in [-0.3, -0.25) is 4.79 Å². The first-order valence-corrected chi connectivity index (χ1v) is 9.43. The lowest BCUT2D eigenvalue weighted by atomic mass is 10.0. The van der Waals surface area contributed by atoms with Gasteiger partial charge in [-0.1, -0.05) is 0 Å². The van der Waals surface area contributed by atoms with E-state index in [-0.39, 0.29) is 5.91 Å². The van der Waals surface area contributed by atoms with Gasteiger partial charge in [0.25, 0.3) is 0 Å². The maximum absolute atomic E-state index is 12.5. The summed E-state index contributed by atoms with van der Waals surface area (Å²) in [6.07, 6.45) is 6.07. The van der Waals surface area contributed by atoms with Gasteiger partial charge in [0.15, 0.2) is 0 Å². The number of rotatable bonds is 6. The Hall–Kier alpha value is -1.75. The third-order valence-corrected chi connectivity index (χ3v) is 5.55. The molecule has 2 saturated heterocycles. The van der Waals surface area contributed by atoms with E-state index in [1.807, 2.05) is 24.1 Å². The van der Waals surface area contributed by atoms with E-state index in [0.717, 1.165) is 57.6 Å². The van der Waals surface area contributed by atoms with Crippen molar-refractivity contribution < 1.29 is 14.3 Å². The van der Waals surface area contributed by atoms with Crippen LogP contribution in [-0.4, -0.2) is 56.8 Å². The minimum Gasteiger partial charge on any atom is -0.497 e. The zero-order valence-electron chi connectivity index (χ0n) is 15.4. The molecule has 5 nitrogen and oxygen atoms in total. The topological polar surface area (TPSA) is 42.0 Å². The molecule has 1 unspecified atom stereocenters. The summed E-state index contributed by atoms with van der Waals surface area (Å²) in [7, 11) is 3.65. The molecule has 0 spiro atoms. The number of carbonyl (C=O) groups is 1. The quantitative estimate of drug-likeness (QED) is 0.794. The van der Waals surface area contributed by atoms with Crippen molar-refractivity contribution in [2.75, 3.05) is 38.8 Å². The second-order valence-corrected chi connectivity index (χ2v) is 7.09. The van der Waals surface area contributed by atoms with Gasteiger partial charge in [-0.25, -0.2) is 0 Å². The highest BCUT2D eigenvalue weighted by molar-refractivity contribution is 5.76. The maximum Gasteiger partial charge on any atom is 0.222 e. The van der Waals surface area contributed by atoms with Crippen molar-refractivity contribution in [1.29, 1.82) is 0 Å². The molecule has 0 aromatic heterocycles. The van der Waals surface area contributed by atoms with Gasteiger partial charge in [-0.15, -0.1) is 0 Å². The summed E-state index contributed by atoms with van der Waals surface area (Å²) in [5, 5.41) is 0. The summed E-state index contributed by atoms with van der Waals surface area (Å²) in [6.45, 7) is 2.83. The van der Waals surface area contributed by atoms with Crippen LogP contribution in [0.3, 0.4) is 0 Å². The molecule has 138 valence electrons. The Kier molecular flexibility index (Phi) is 6.19. The predicted octanol–water partition coefficient (Wildman–Crippen LogP) is 3.08. The van der Waals surface area contributed by atoms with Crippen LogP contribution < -0.4 is 9.64 Å². The highest BCUT2D eigenvalue weighted by atomic mass is 16.5. The van der Waals surface area contributed by atoms with Crippen LogP contribution in [0.4, 0.5) is 5.69 Å². The SMILES string of the molecule is COc1ccc(N2CCC(N(C)C(=O)CCC3CCCO3)CC2)cc1. The van der Waals surface area contributed by atoms with E-state index in [0.29, 0.717) is 18.6 Å². The molecule has 2 fully saturated rings. The molecule has 0 radical (unpaired) electrons. The van der Waals surface area contributed by atoms with Crippen molar-refractivity contribution >= 4 is 11.6 Å². The van der Waals surface area contributed by atoms with Gasteiger partial charge in [0.05, 0.1) is 13.2 Å². The molecule has 0 N–H and O–H groups in total. The predicted molar refractivity (Wildman–Crippen MR) is 99.2 cm³/mol. The molecule has 25 heavy (non-hydrogen) atoms. The number of methoxy groups -OCH3 is 1. The Bertz CT molecular complexity index is 547. The Morgan fingerprint density at radius 1 is 1.24 bits per heavy atom. The van der Waals surface area contributed by atoms with Crippen LogP contribution in [-0.2, 0) is 9.53 Å². The zero-order valence-corrected chi connectivity index (χ0v) is 15.4. The maximum atomic E-state index is 12.5. The fourth-order valence-corrected chi connectivity index (χ4v) is 3.84. The molecule has 5 heteroatoms. The molecule has 2 heterocycles. The Morgan fingerprint density at radius 2 is 1.96 bits per heavy atom. The highest BCUT2D eigenvalue weighted by Gasteiger charge is 2.26. The molecular formula is C20H30N2O3. The third-order valence-electron chi connectivity index (χ3n) is 5.55. The van der Waals surface area contributed by atoms with Gasteiger partial charge in [-0.2, -0.15) is 0 Å². The van der Waals surface area contributed by atoms with E-state index < -0.39 is 0 Å². The van der Waals surface area contributed by atoms with Crippen molar-refractivity contribution in [3.63, 3.8) is 0 Å². The minimum atomic E-state index is 0.262. The monoisotopic (exact) mass is 346 g/mol. The average molecular weight is 346 g/mol. The normalized spacial score (nSPS) is 21.4. The van der Waals surface area contributed by atoms with Crippen molar-refractivity contribution in [3.05, 3.63) is 24.3 Å². The first kappa shape index (κ1) is 18.1. The lowest BCUT2D eigenvalue weighted by Gasteiger charge is -2.38. The number of piperidine rings is 1. The van der Waals surface area contributed by atoms with Gasteiger partial charge in [-0.05, 0) is 56.4 Å². The van der Waals surface area contributed by atoms with Gasteiger partial charge in [0.2, 0.25) is 5.91 Å². The molecular weight excluding hydrogens is 316 g/mol. The van der Waals surface area contributed by atoms with Gasteiger partial charge < -0.3 is 19.3 Å². The number of hydrogen-bond acceptors (Lipinski definition) is 4. The number of carbonyl (C=O) groups excluding carboxylic acids is 1. The van der Waals surface area contributed by atoms with E-state index >= 15 is 0 Å². The molecule has 0 aliphatic carbocycles. The Labute approximate surface area is 150 Å². The minimum absolute atomic E-state index is 0.262. The largest absolute Gasteiger partial charge is 0.497 e. The van der Waals surface area contributed by atoms with Gasteiger partial charge >= 0.3 is 0 Å². The summed E-state index contributed by atoms with van der Waals surface area (Å²) < 4.78 is 10.8. The fraction of sp³-hybridized carbons (Fsp3) is 0.650. The number of hydrogen-bond donors (Lipinski definition) is 0. The second kappa shape index (κ2) is 8.56. The Balaban J connectivity index is 1.44. The fourth-order valence-electron chi connectivity index (χ4n) is 3.84. The van der Waals surface area contributed by atoms with E-state index in [4.69, 9.17) is 9.47 Å². The number of benzene rings is 1. The van der Waals surface area contributed by atoms with Crippen LogP contribution in [0.15, 0.2) is 24.3 Å². The third kappa shape index (κ3) is 4.66. The van der Waals surface area contributed by atoms with Crippen LogP contribution in [0, 0.1) is 0 Å². The standard InChI is InChI=1S/C20H30N2O3/c1-21(20(23)10-9-19-4-3-15-25-19)16-11-13-22(14-12-16)17-5-7-18(24-2)8-6-17/h5-8,16,19H,3-4,9-15H2,1-2H3. The van der Waals surface area contributed by atoms with Crippen molar-refractivity contribution in [2.24, 2.45) is 0 Å². The van der Waals surface area contributed by atoms with E-state index in [1.54, 1.807) is 7.11 Å². The molecule has 2 aliphatic heterocycles. The molecule has 0 saturated carbocycles. The van der Waals surface area contributed by atoms with E-state index in [1.165, 1.54) is 5.69 Å². The number of ether oxygens (including phenoxy) is 2. The van der Waals surface area contributed by atoms with Crippen LogP contribution >= 0.6 is 0 Å². The van der Waals surface area contributed by atoms with Gasteiger partial charge in [0.1, 0.15) is 5.75 Å². The molecule has 0 bridgehead atoms. The summed E-state index contributed by atoms with van der Waals surface area (Å²) in [4.78, 5) is 16.8. The molecule has 1 aromatic carbocycles. The molecule has 2 aliphatic rings. The highest BCUT2D eigenvalue weighted by Crippen LogP contribution is 2.25. The second-order valence-electron chi connectivity index (χ2n) is 7.09. The number of nitrogens with zero attached hydrogens (tertiary/aromatic N) is 2. The number of anilines is 1. The molecule has 1 aromatic rings. The van der Waals surface area contributed by atoms with Crippen LogP contribution in [0.1, 0.15) is 38.5 Å². The summed E-state index contributed by atoms with van der Waals surface area (Å²) >= 11 is 0. The summed E-state index contributed by atoms with van der Waals surface area (Å²) in [5.74, 6) is 1.15. The van der Waals surface area contributed by atoms with Crippen molar-refractivity contribution in [2.45, 2.75) is 50.7 Å². The van der Waals surface area contributed by atoms with Crippen LogP contribution in [0.2, 0.25) is 0 Å². The number of amides is 1. The van der Waals surface area contributed by atoms with Crippen LogP contribution in [0.5, 0.6) is 5.75 Å². The van der Waals surface area contributed by atoms with E-state index in [2.05, 4.69) is 17.0 Å².